The average molecular weight is 551 g/mol. The van der Waals surface area contributed by atoms with Crippen LogP contribution < -0.4 is 16.0 Å². The van der Waals surface area contributed by atoms with E-state index in [0.717, 1.165) is 5.69 Å². The van der Waals surface area contributed by atoms with Crippen LogP contribution in [0.5, 0.6) is 0 Å². The Labute approximate surface area is 230 Å². The monoisotopic (exact) mass is 550 g/mol. The maximum absolute atomic E-state index is 14.9. The first-order chi connectivity index (χ1) is 19.2. The van der Waals surface area contributed by atoms with Gasteiger partial charge < -0.3 is 26.0 Å². The first kappa shape index (κ1) is 27.4. The van der Waals surface area contributed by atoms with Crippen LogP contribution in [0.1, 0.15) is 19.4 Å². The topological polar surface area (TPSA) is 125 Å². The van der Waals surface area contributed by atoms with Gasteiger partial charge in [-0.25, -0.2) is 13.8 Å². The normalized spacial score (nSPS) is 19.2. The van der Waals surface area contributed by atoms with Gasteiger partial charge in [0.05, 0.1) is 46.6 Å². The van der Waals surface area contributed by atoms with Crippen LogP contribution in [-0.4, -0.2) is 74.3 Å². The zero-order valence-corrected chi connectivity index (χ0v) is 22.6. The van der Waals surface area contributed by atoms with Crippen molar-refractivity contribution in [3.63, 3.8) is 0 Å². The van der Waals surface area contributed by atoms with Gasteiger partial charge in [0.15, 0.2) is 0 Å². The van der Waals surface area contributed by atoms with Crippen molar-refractivity contribution >= 4 is 28.7 Å². The largest absolute Gasteiger partial charge is 0.396 e. The highest BCUT2D eigenvalue weighted by Crippen LogP contribution is 2.33. The van der Waals surface area contributed by atoms with Crippen LogP contribution in [0.2, 0.25) is 0 Å². The molecule has 0 unspecified atom stereocenters. The third-order valence-electron chi connectivity index (χ3n) is 7.43. The van der Waals surface area contributed by atoms with Crippen molar-refractivity contribution in [2.75, 3.05) is 37.0 Å². The third kappa shape index (κ3) is 5.19. The molecular weight excluding hydrogens is 518 g/mol. The minimum Gasteiger partial charge on any atom is -0.396 e. The fourth-order valence-electron chi connectivity index (χ4n) is 5.52. The van der Waals surface area contributed by atoms with E-state index < -0.39 is 11.6 Å². The summed E-state index contributed by atoms with van der Waals surface area (Å²) < 4.78 is 31.3. The molecule has 4 N–H and O–H groups in total. The second-order valence-electron chi connectivity index (χ2n) is 10.2. The zero-order chi connectivity index (χ0) is 28.6. The van der Waals surface area contributed by atoms with Gasteiger partial charge in [-0.2, -0.15) is 9.61 Å². The van der Waals surface area contributed by atoms with Crippen LogP contribution in [0.15, 0.2) is 48.9 Å². The number of halogens is 2. The molecule has 1 aliphatic heterocycles. The van der Waals surface area contributed by atoms with E-state index in [0.29, 0.717) is 35.8 Å². The summed E-state index contributed by atoms with van der Waals surface area (Å²) in [6.07, 6.45) is 5.12. The number of nitrogens with zero attached hydrogens (tertiary/aromatic N) is 6. The molecular formula is C28H32F2N8O2. The number of imidazole rings is 1. The van der Waals surface area contributed by atoms with Gasteiger partial charge in [-0.3, -0.25) is 9.78 Å². The summed E-state index contributed by atoms with van der Waals surface area (Å²) in [4.78, 5) is 24.6. The van der Waals surface area contributed by atoms with Gasteiger partial charge in [0.2, 0.25) is 11.9 Å². The number of nitrogens with two attached hydrogens (primary N) is 1. The molecule has 5 rings (SSSR count). The molecule has 0 bridgehead atoms. The molecule has 10 nitrogen and oxygen atoms in total. The molecule has 1 saturated heterocycles. The number of likely N-dealkylation sites (N-methyl/N-ethyl adjacent to an activating group) is 1. The summed E-state index contributed by atoms with van der Waals surface area (Å²) in [6, 6.07) is 7.17. The Balaban J connectivity index is 1.45. The molecule has 3 atom stereocenters. The number of aromatic nitrogens is 4. The Morgan fingerprint density at radius 2 is 1.95 bits per heavy atom. The van der Waals surface area contributed by atoms with Crippen LogP contribution in [0.25, 0.3) is 16.8 Å². The summed E-state index contributed by atoms with van der Waals surface area (Å²) >= 11 is 0. The van der Waals surface area contributed by atoms with Crippen LogP contribution >= 0.6 is 0 Å². The Bertz CT molecular complexity index is 1510. The van der Waals surface area contributed by atoms with Gasteiger partial charge in [-0.15, -0.1) is 0 Å². The van der Waals surface area contributed by atoms with Crippen LogP contribution in [0.3, 0.4) is 0 Å². The van der Waals surface area contributed by atoms with Gasteiger partial charge in [-0.05, 0) is 48.2 Å². The fraction of sp³-hybridized carbons (Fsp3) is 0.357. The molecule has 4 heterocycles. The van der Waals surface area contributed by atoms with E-state index in [1.165, 1.54) is 22.7 Å². The Hall–Kier alpha value is -4.16. The summed E-state index contributed by atoms with van der Waals surface area (Å²) in [5.41, 5.74) is 8.89. The molecule has 40 heavy (non-hydrogen) atoms. The van der Waals surface area contributed by atoms with Crippen molar-refractivity contribution in [1.29, 1.82) is 0 Å². The van der Waals surface area contributed by atoms with E-state index in [4.69, 9.17) is 10.8 Å². The molecule has 1 aromatic carbocycles. The van der Waals surface area contributed by atoms with E-state index in [1.54, 1.807) is 43.5 Å². The predicted octanol–water partition coefficient (Wildman–Crippen LogP) is 2.98. The molecule has 210 valence electrons. The second-order valence-corrected chi connectivity index (χ2v) is 10.2. The van der Waals surface area contributed by atoms with Gasteiger partial charge >= 0.3 is 0 Å². The highest BCUT2D eigenvalue weighted by Gasteiger charge is 2.36. The van der Waals surface area contributed by atoms with E-state index in [9.17, 15) is 13.6 Å². The predicted molar refractivity (Wildman–Crippen MR) is 148 cm³/mol. The lowest BCUT2D eigenvalue weighted by Gasteiger charge is -2.46. The molecule has 0 radical (unpaired) electrons. The minimum atomic E-state index is -0.760. The van der Waals surface area contributed by atoms with Crippen LogP contribution in [0.4, 0.5) is 26.1 Å². The first-order valence-corrected chi connectivity index (χ1v) is 13.1. The second kappa shape index (κ2) is 11.1. The average Bonchev–Trinajstić information content (AvgIpc) is 3.30. The Morgan fingerprint density at radius 1 is 1.20 bits per heavy atom. The van der Waals surface area contributed by atoms with E-state index in [1.807, 2.05) is 6.07 Å². The van der Waals surface area contributed by atoms with Gasteiger partial charge in [0, 0.05) is 45.9 Å². The number of amides is 1. The zero-order valence-electron chi connectivity index (χ0n) is 22.6. The summed E-state index contributed by atoms with van der Waals surface area (Å²) in [5.74, 6) is -1.09. The molecule has 0 aliphatic carbocycles. The number of piperidine rings is 1. The Kier molecular flexibility index (Phi) is 7.63. The quantitative estimate of drug-likeness (QED) is 0.321. The number of nitrogens with one attached hydrogen (secondary N) is 1. The lowest BCUT2D eigenvalue weighted by Crippen LogP contribution is -2.62. The number of rotatable bonds is 7. The number of carbonyl (C=O) groups excluding carboxylic acids is 1. The number of fused-ring (bicyclic) bond motifs is 1. The highest BCUT2D eigenvalue weighted by atomic mass is 19.1. The smallest absolute Gasteiger partial charge is 0.229 e. The lowest BCUT2D eigenvalue weighted by molar-refractivity contribution is -0.131. The van der Waals surface area contributed by atoms with Crippen molar-refractivity contribution in [1.82, 2.24) is 24.5 Å². The number of benzene rings is 1. The van der Waals surface area contributed by atoms with Crippen molar-refractivity contribution in [2.45, 2.75) is 32.4 Å². The molecule has 4 aromatic rings. The maximum Gasteiger partial charge on any atom is 0.229 e. The van der Waals surface area contributed by atoms with Crippen molar-refractivity contribution in [2.24, 2.45) is 11.7 Å². The van der Waals surface area contributed by atoms with E-state index in [-0.39, 0.29) is 48.2 Å². The van der Waals surface area contributed by atoms with Gasteiger partial charge in [0.25, 0.3) is 0 Å². The van der Waals surface area contributed by atoms with Crippen molar-refractivity contribution in [3.8, 4) is 11.3 Å². The van der Waals surface area contributed by atoms with E-state index >= 15 is 0 Å². The number of carbonyl (C=O) groups is 1. The van der Waals surface area contributed by atoms with Crippen LogP contribution in [0, 0.1) is 17.6 Å². The SMILES string of the molecule is CC(=O)N(C)[C@@H]1[C@H](N)CN(c2ccncc2Nc2ncc3ccc(-c4c(F)cc(CCO)cc4F)nn23)C[C@@H]1C. The number of pyridine rings is 1. The number of aliphatic hydroxyl groups excluding tert-OH is 1. The van der Waals surface area contributed by atoms with Crippen LogP contribution in [-0.2, 0) is 11.2 Å². The maximum atomic E-state index is 14.9. The number of anilines is 3. The standard InChI is InChI=1S/C28H32F2N8O2/c1-16-14-37(15-22(31)27(16)36(3)17(2)40)25-6-8-32-13-24(25)34-28-33-12-19-4-5-23(35-38(19)28)26-20(29)10-18(7-9-39)11-21(26)30/h4-6,8,10-13,16,22,27,39H,7,9,14-15,31H2,1-3H3,(H,33,34)/t16-,22+,27-/m0/s1. The minimum absolute atomic E-state index is 0.0223. The molecule has 0 saturated carbocycles. The molecule has 12 heteroatoms. The highest BCUT2D eigenvalue weighted by molar-refractivity contribution is 5.75. The third-order valence-corrected chi connectivity index (χ3v) is 7.43. The van der Waals surface area contributed by atoms with Crippen molar-refractivity contribution in [3.05, 3.63) is 66.1 Å². The first-order valence-electron chi connectivity index (χ1n) is 13.1. The number of aliphatic hydroxyl groups is 1. The fourth-order valence-corrected chi connectivity index (χ4v) is 5.52. The number of hydrogen-bond donors (Lipinski definition) is 3. The molecule has 3 aromatic heterocycles. The molecule has 1 aliphatic rings. The molecule has 0 spiro atoms. The van der Waals surface area contributed by atoms with Crippen molar-refractivity contribution < 1.29 is 18.7 Å². The molecule has 1 fully saturated rings. The lowest BCUT2D eigenvalue weighted by atomic mass is 9.88. The molecule has 1 amide bonds. The summed E-state index contributed by atoms with van der Waals surface area (Å²) in [5, 5.41) is 16.9. The summed E-state index contributed by atoms with van der Waals surface area (Å²) in [7, 11) is 1.78. The van der Waals surface area contributed by atoms with E-state index in [2.05, 4.69) is 32.2 Å². The van der Waals surface area contributed by atoms with Gasteiger partial charge in [-0.1, -0.05) is 6.92 Å². The van der Waals surface area contributed by atoms with Gasteiger partial charge in [0.1, 0.15) is 11.6 Å². The number of hydrogen-bond acceptors (Lipinski definition) is 8. The Morgan fingerprint density at radius 3 is 2.62 bits per heavy atom. The summed E-state index contributed by atoms with van der Waals surface area (Å²) in [6.45, 7) is 4.61.